The number of benzene rings is 3. The van der Waals surface area contributed by atoms with Gasteiger partial charge in [0.05, 0.1) is 13.2 Å². The Kier molecular flexibility index (Phi) is 3.89. The monoisotopic (exact) mass is 278 g/mol. The van der Waals surface area contributed by atoms with Crippen molar-refractivity contribution in [1.82, 2.24) is 0 Å². The first-order valence-corrected chi connectivity index (χ1v) is 7.06. The normalized spacial score (nSPS) is 12.3. The molecular formula is C19H18O2. The highest BCUT2D eigenvalue weighted by atomic mass is 16.5. The van der Waals surface area contributed by atoms with Gasteiger partial charge in [0.15, 0.2) is 0 Å². The Bertz CT molecular complexity index is 727. The van der Waals surface area contributed by atoms with Crippen molar-refractivity contribution in [2.75, 3.05) is 7.11 Å². The second-order valence-corrected chi connectivity index (χ2v) is 5.13. The van der Waals surface area contributed by atoms with E-state index in [0.29, 0.717) is 6.42 Å². The molecule has 3 rings (SSSR count). The fourth-order valence-corrected chi connectivity index (χ4v) is 2.62. The molecule has 0 saturated heterocycles. The Morgan fingerprint density at radius 3 is 2.38 bits per heavy atom. The van der Waals surface area contributed by atoms with Crippen LogP contribution in [-0.4, -0.2) is 12.2 Å². The minimum atomic E-state index is -0.512. The number of methoxy groups -OCH3 is 1. The van der Waals surface area contributed by atoms with Crippen molar-refractivity contribution in [3.63, 3.8) is 0 Å². The summed E-state index contributed by atoms with van der Waals surface area (Å²) in [4.78, 5) is 0. The molecule has 2 heteroatoms. The van der Waals surface area contributed by atoms with E-state index in [9.17, 15) is 5.11 Å². The molecule has 0 amide bonds. The third-order valence-electron chi connectivity index (χ3n) is 3.79. The number of hydrogen-bond donors (Lipinski definition) is 1. The Balaban J connectivity index is 1.87. The second kappa shape index (κ2) is 5.98. The average molecular weight is 278 g/mol. The Morgan fingerprint density at radius 1 is 0.905 bits per heavy atom. The van der Waals surface area contributed by atoms with Gasteiger partial charge in [0.1, 0.15) is 5.75 Å². The van der Waals surface area contributed by atoms with Crippen LogP contribution in [0.15, 0.2) is 66.7 Å². The lowest BCUT2D eigenvalue weighted by molar-refractivity contribution is 0.179. The molecule has 106 valence electrons. The molecule has 1 N–H and O–H groups in total. The number of rotatable bonds is 4. The smallest absolute Gasteiger partial charge is 0.118 e. The van der Waals surface area contributed by atoms with E-state index in [0.717, 1.165) is 16.9 Å². The fourth-order valence-electron chi connectivity index (χ4n) is 2.62. The molecular weight excluding hydrogens is 260 g/mol. The highest BCUT2D eigenvalue weighted by Crippen LogP contribution is 2.25. The first-order chi connectivity index (χ1) is 10.3. The highest BCUT2D eigenvalue weighted by molar-refractivity contribution is 5.85. The largest absolute Gasteiger partial charge is 0.497 e. The summed E-state index contributed by atoms with van der Waals surface area (Å²) in [5.41, 5.74) is 2.07. The summed E-state index contributed by atoms with van der Waals surface area (Å²) in [6.07, 6.45) is 0.0925. The SMILES string of the molecule is COc1ccc(C(O)Cc2cccc3ccccc23)cc1. The third-order valence-corrected chi connectivity index (χ3v) is 3.79. The summed E-state index contributed by atoms with van der Waals surface area (Å²) in [7, 11) is 1.64. The molecule has 0 spiro atoms. The third kappa shape index (κ3) is 2.91. The van der Waals surface area contributed by atoms with Gasteiger partial charge in [-0.3, -0.25) is 0 Å². The molecule has 0 fully saturated rings. The zero-order valence-corrected chi connectivity index (χ0v) is 12.0. The lowest BCUT2D eigenvalue weighted by Gasteiger charge is -2.13. The van der Waals surface area contributed by atoms with E-state index in [1.54, 1.807) is 7.11 Å². The molecule has 0 bridgehead atoms. The van der Waals surface area contributed by atoms with Crippen LogP contribution in [0, 0.1) is 0 Å². The maximum atomic E-state index is 10.5. The molecule has 0 radical (unpaired) electrons. The van der Waals surface area contributed by atoms with Crippen LogP contribution in [0.25, 0.3) is 10.8 Å². The molecule has 0 aromatic heterocycles. The molecule has 2 nitrogen and oxygen atoms in total. The van der Waals surface area contributed by atoms with Gasteiger partial charge in [-0.25, -0.2) is 0 Å². The molecule has 0 aliphatic carbocycles. The van der Waals surface area contributed by atoms with Crippen LogP contribution in [-0.2, 0) is 6.42 Å². The van der Waals surface area contributed by atoms with Crippen LogP contribution < -0.4 is 4.74 Å². The van der Waals surface area contributed by atoms with E-state index in [1.165, 1.54) is 10.8 Å². The quantitative estimate of drug-likeness (QED) is 0.777. The standard InChI is InChI=1S/C19H18O2/c1-21-17-11-9-15(10-12-17)19(20)13-16-7-4-6-14-5-2-3-8-18(14)16/h2-12,19-20H,13H2,1H3. The second-order valence-electron chi connectivity index (χ2n) is 5.13. The summed E-state index contributed by atoms with van der Waals surface area (Å²) < 4.78 is 5.14. The number of aliphatic hydroxyl groups excluding tert-OH is 1. The van der Waals surface area contributed by atoms with Crippen molar-refractivity contribution >= 4 is 10.8 Å². The molecule has 21 heavy (non-hydrogen) atoms. The van der Waals surface area contributed by atoms with Crippen LogP contribution >= 0.6 is 0 Å². The van der Waals surface area contributed by atoms with Crippen LogP contribution in [0.5, 0.6) is 5.75 Å². The van der Waals surface area contributed by atoms with Crippen molar-refractivity contribution in [3.8, 4) is 5.75 Å². The molecule has 1 atom stereocenters. The number of hydrogen-bond acceptors (Lipinski definition) is 2. The van der Waals surface area contributed by atoms with Gasteiger partial charge in [0.25, 0.3) is 0 Å². The summed E-state index contributed by atoms with van der Waals surface area (Å²) in [6, 6.07) is 22.1. The van der Waals surface area contributed by atoms with Gasteiger partial charge in [-0.1, -0.05) is 54.6 Å². The van der Waals surface area contributed by atoms with Crippen LogP contribution in [0.4, 0.5) is 0 Å². The van der Waals surface area contributed by atoms with Crippen LogP contribution in [0.1, 0.15) is 17.2 Å². The van der Waals surface area contributed by atoms with Crippen LogP contribution in [0.3, 0.4) is 0 Å². The van der Waals surface area contributed by atoms with Crippen molar-refractivity contribution in [2.24, 2.45) is 0 Å². The maximum absolute atomic E-state index is 10.5. The van der Waals surface area contributed by atoms with Gasteiger partial charge >= 0.3 is 0 Å². The molecule has 0 aliphatic rings. The predicted molar refractivity (Wildman–Crippen MR) is 85.6 cm³/mol. The minimum Gasteiger partial charge on any atom is -0.497 e. The van der Waals surface area contributed by atoms with Gasteiger partial charge in [-0.2, -0.15) is 0 Å². The molecule has 0 aliphatic heterocycles. The molecule has 0 saturated carbocycles. The van der Waals surface area contributed by atoms with Gasteiger partial charge < -0.3 is 9.84 Å². The predicted octanol–water partition coefficient (Wildman–Crippen LogP) is 4.12. The highest BCUT2D eigenvalue weighted by Gasteiger charge is 2.10. The van der Waals surface area contributed by atoms with Crippen molar-refractivity contribution in [2.45, 2.75) is 12.5 Å². The maximum Gasteiger partial charge on any atom is 0.118 e. The summed E-state index contributed by atoms with van der Waals surface area (Å²) in [5.74, 6) is 0.802. The lowest BCUT2D eigenvalue weighted by atomic mass is 9.97. The zero-order valence-electron chi connectivity index (χ0n) is 12.0. The summed E-state index contributed by atoms with van der Waals surface area (Å²) >= 11 is 0. The first-order valence-electron chi connectivity index (χ1n) is 7.06. The summed E-state index contributed by atoms with van der Waals surface area (Å²) in [6.45, 7) is 0. The molecule has 1 unspecified atom stereocenters. The fraction of sp³-hybridized carbons (Fsp3) is 0.158. The van der Waals surface area contributed by atoms with E-state index >= 15 is 0 Å². The van der Waals surface area contributed by atoms with Crippen molar-refractivity contribution in [1.29, 1.82) is 0 Å². The number of aliphatic hydroxyl groups is 1. The average Bonchev–Trinajstić information content (AvgIpc) is 2.55. The van der Waals surface area contributed by atoms with Gasteiger partial charge in [0, 0.05) is 6.42 Å². The van der Waals surface area contributed by atoms with Gasteiger partial charge in [-0.05, 0) is 34.0 Å². The topological polar surface area (TPSA) is 29.5 Å². The number of fused-ring (bicyclic) bond motifs is 1. The van der Waals surface area contributed by atoms with Crippen molar-refractivity contribution in [3.05, 3.63) is 77.9 Å². The van der Waals surface area contributed by atoms with E-state index in [4.69, 9.17) is 4.74 Å². The Labute approximate surface area is 124 Å². The van der Waals surface area contributed by atoms with Gasteiger partial charge in [0.2, 0.25) is 0 Å². The molecule has 0 heterocycles. The minimum absolute atomic E-state index is 0.512. The Hall–Kier alpha value is -2.32. The molecule has 3 aromatic rings. The lowest BCUT2D eigenvalue weighted by Crippen LogP contribution is -2.02. The number of ether oxygens (including phenoxy) is 1. The zero-order chi connectivity index (χ0) is 14.7. The first kappa shape index (κ1) is 13.7. The van der Waals surface area contributed by atoms with E-state index < -0.39 is 6.10 Å². The van der Waals surface area contributed by atoms with E-state index in [2.05, 4.69) is 24.3 Å². The van der Waals surface area contributed by atoms with Gasteiger partial charge in [-0.15, -0.1) is 0 Å². The van der Waals surface area contributed by atoms with Crippen molar-refractivity contribution < 1.29 is 9.84 Å². The Morgan fingerprint density at radius 2 is 1.62 bits per heavy atom. The van der Waals surface area contributed by atoms with E-state index in [1.807, 2.05) is 42.5 Å². The van der Waals surface area contributed by atoms with Crippen LogP contribution in [0.2, 0.25) is 0 Å². The summed E-state index contributed by atoms with van der Waals surface area (Å²) in [5, 5.41) is 12.9. The van der Waals surface area contributed by atoms with E-state index in [-0.39, 0.29) is 0 Å². The molecule has 3 aromatic carbocycles.